The van der Waals surface area contributed by atoms with Crippen LogP contribution in [0.2, 0.25) is 0 Å². The van der Waals surface area contributed by atoms with E-state index in [1.807, 2.05) is 38.1 Å². The lowest BCUT2D eigenvalue weighted by molar-refractivity contribution is 0.568. The minimum atomic E-state index is 0.337. The molecule has 2 aromatic heterocycles. The number of hydrogen-bond donors (Lipinski definition) is 2. The Labute approximate surface area is 148 Å². The number of nitrogens with one attached hydrogen (secondary N) is 1. The molecular formula is C20H24N4O. The van der Waals surface area contributed by atoms with E-state index in [-0.39, 0.29) is 0 Å². The van der Waals surface area contributed by atoms with E-state index in [4.69, 9.17) is 10.2 Å². The molecule has 0 atom stereocenters. The Morgan fingerprint density at radius 3 is 2.68 bits per heavy atom. The number of nitrogens with two attached hydrogens (primary N) is 1. The minimum Gasteiger partial charge on any atom is -0.472 e. The molecule has 0 aliphatic carbocycles. The first kappa shape index (κ1) is 18.3. The van der Waals surface area contributed by atoms with Crippen molar-refractivity contribution in [2.45, 2.75) is 27.2 Å². The SMILES string of the molecule is C=C(Nc1ccccc1CC)c1nc(-c2ccoc2)cnc1N.CC. The van der Waals surface area contributed by atoms with Crippen LogP contribution < -0.4 is 11.1 Å². The molecule has 0 bridgehead atoms. The van der Waals surface area contributed by atoms with E-state index in [2.05, 4.69) is 34.9 Å². The summed E-state index contributed by atoms with van der Waals surface area (Å²) in [4.78, 5) is 8.77. The van der Waals surface area contributed by atoms with Crippen LogP contribution in [0.25, 0.3) is 17.0 Å². The van der Waals surface area contributed by atoms with Gasteiger partial charge in [-0.25, -0.2) is 9.97 Å². The molecule has 0 amide bonds. The Kier molecular flexibility index (Phi) is 6.34. The molecule has 0 saturated heterocycles. The molecule has 1 aromatic carbocycles. The largest absolute Gasteiger partial charge is 0.472 e. The van der Waals surface area contributed by atoms with Crippen LogP contribution in [0, 0.1) is 0 Å². The van der Waals surface area contributed by atoms with Gasteiger partial charge in [0.1, 0.15) is 5.69 Å². The lowest BCUT2D eigenvalue weighted by Gasteiger charge is -2.14. The van der Waals surface area contributed by atoms with Crippen molar-refractivity contribution in [1.82, 2.24) is 9.97 Å². The van der Waals surface area contributed by atoms with E-state index in [0.717, 1.165) is 17.7 Å². The van der Waals surface area contributed by atoms with Crippen LogP contribution in [0.15, 0.2) is 60.1 Å². The molecule has 25 heavy (non-hydrogen) atoms. The molecule has 3 rings (SSSR count). The predicted molar refractivity (Wildman–Crippen MR) is 104 cm³/mol. The first-order chi connectivity index (χ1) is 12.2. The molecule has 5 nitrogen and oxygen atoms in total. The Morgan fingerprint density at radius 2 is 2.00 bits per heavy atom. The Bertz CT molecular complexity index is 825. The molecule has 3 N–H and O–H groups in total. The Morgan fingerprint density at radius 1 is 1.24 bits per heavy atom. The zero-order valence-corrected chi connectivity index (χ0v) is 14.9. The van der Waals surface area contributed by atoms with Gasteiger partial charge in [0.25, 0.3) is 0 Å². The van der Waals surface area contributed by atoms with Crippen LogP contribution in [0.1, 0.15) is 32.0 Å². The van der Waals surface area contributed by atoms with Crippen LogP contribution >= 0.6 is 0 Å². The minimum absolute atomic E-state index is 0.337. The second-order valence-corrected chi connectivity index (χ2v) is 5.12. The second-order valence-electron chi connectivity index (χ2n) is 5.12. The highest BCUT2D eigenvalue weighted by atomic mass is 16.3. The lowest BCUT2D eigenvalue weighted by Crippen LogP contribution is -2.07. The van der Waals surface area contributed by atoms with Gasteiger partial charge in [0, 0.05) is 11.3 Å². The van der Waals surface area contributed by atoms with Gasteiger partial charge >= 0.3 is 0 Å². The zero-order chi connectivity index (χ0) is 18.2. The maximum Gasteiger partial charge on any atom is 0.151 e. The average molecular weight is 336 g/mol. The number of rotatable bonds is 5. The van der Waals surface area contributed by atoms with E-state index >= 15 is 0 Å². The van der Waals surface area contributed by atoms with Crippen molar-refractivity contribution in [2.75, 3.05) is 11.1 Å². The van der Waals surface area contributed by atoms with Crippen molar-refractivity contribution in [3.8, 4) is 11.3 Å². The van der Waals surface area contributed by atoms with Gasteiger partial charge in [-0.2, -0.15) is 0 Å². The summed E-state index contributed by atoms with van der Waals surface area (Å²) in [6.45, 7) is 10.2. The topological polar surface area (TPSA) is 77.0 Å². The fraction of sp³-hybridized carbons (Fsp3) is 0.200. The van der Waals surface area contributed by atoms with Crippen LogP contribution in [-0.4, -0.2) is 9.97 Å². The highest BCUT2D eigenvalue weighted by Gasteiger charge is 2.12. The number of hydrogen-bond acceptors (Lipinski definition) is 5. The van der Waals surface area contributed by atoms with Crippen LogP contribution in [-0.2, 0) is 6.42 Å². The summed E-state index contributed by atoms with van der Waals surface area (Å²) in [6, 6.07) is 9.90. The maximum absolute atomic E-state index is 5.97. The van der Waals surface area contributed by atoms with E-state index in [0.29, 0.717) is 22.9 Å². The highest BCUT2D eigenvalue weighted by molar-refractivity contribution is 5.80. The van der Waals surface area contributed by atoms with Crippen molar-refractivity contribution >= 4 is 17.2 Å². The molecule has 3 aromatic rings. The van der Waals surface area contributed by atoms with Gasteiger partial charge in [0.15, 0.2) is 5.82 Å². The molecule has 5 heteroatoms. The highest BCUT2D eigenvalue weighted by Crippen LogP contribution is 2.25. The van der Waals surface area contributed by atoms with Crippen molar-refractivity contribution in [1.29, 1.82) is 0 Å². The molecule has 0 saturated carbocycles. The van der Waals surface area contributed by atoms with E-state index in [1.54, 1.807) is 18.7 Å². The van der Waals surface area contributed by atoms with Crippen molar-refractivity contribution in [3.05, 3.63) is 66.9 Å². The molecule has 0 aliphatic heterocycles. The van der Waals surface area contributed by atoms with Crippen LogP contribution in [0.5, 0.6) is 0 Å². The van der Waals surface area contributed by atoms with E-state index < -0.39 is 0 Å². The van der Waals surface area contributed by atoms with Gasteiger partial charge in [-0.1, -0.05) is 45.5 Å². The predicted octanol–water partition coefficient (Wildman–Crippen LogP) is 4.99. The van der Waals surface area contributed by atoms with Gasteiger partial charge in [-0.05, 0) is 24.1 Å². The van der Waals surface area contributed by atoms with E-state index in [1.165, 1.54) is 5.56 Å². The summed E-state index contributed by atoms with van der Waals surface area (Å²) < 4.78 is 5.09. The Balaban J connectivity index is 0.00000109. The lowest BCUT2D eigenvalue weighted by atomic mass is 10.1. The number of nitrogen functional groups attached to an aromatic ring is 1. The molecule has 0 unspecified atom stereocenters. The number of aryl methyl sites for hydroxylation is 1. The summed E-state index contributed by atoms with van der Waals surface area (Å²) in [7, 11) is 0. The smallest absolute Gasteiger partial charge is 0.151 e. The van der Waals surface area contributed by atoms with Crippen molar-refractivity contribution in [3.63, 3.8) is 0 Å². The number of aromatic nitrogens is 2. The van der Waals surface area contributed by atoms with Crippen molar-refractivity contribution in [2.24, 2.45) is 0 Å². The van der Waals surface area contributed by atoms with Crippen molar-refractivity contribution < 1.29 is 4.42 Å². The average Bonchev–Trinajstić information content (AvgIpc) is 3.19. The molecular weight excluding hydrogens is 312 g/mol. The number of anilines is 2. The third-order valence-electron chi connectivity index (χ3n) is 3.59. The van der Waals surface area contributed by atoms with Gasteiger partial charge in [0.2, 0.25) is 0 Å². The molecule has 2 heterocycles. The summed E-state index contributed by atoms with van der Waals surface area (Å²) in [5.74, 6) is 0.337. The van der Waals surface area contributed by atoms with Gasteiger partial charge in [-0.3, -0.25) is 0 Å². The molecule has 0 spiro atoms. The first-order valence-electron chi connectivity index (χ1n) is 8.38. The fourth-order valence-corrected chi connectivity index (χ4v) is 2.34. The Hall–Kier alpha value is -3.08. The van der Waals surface area contributed by atoms with E-state index in [9.17, 15) is 0 Å². The maximum atomic E-state index is 5.97. The van der Waals surface area contributed by atoms with Crippen LogP contribution in [0.3, 0.4) is 0 Å². The fourth-order valence-electron chi connectivity index (χ4n) is 2.34. The number of nitrogens with zero attached hydrogens (tertiary/aromatic N) is 2. The van der Waals surface area contributed by atoms with Gasteiger partial charge in [-0.15, -0.1) is 0 Å². The number of benzene rings is 1. The quantitative estimate of drug-likeness (QED) is 0.686. The molecule has 0 aliphatic rings. The standard InChI is InChI=1S/C18H18N4O.C2H6/c1-3-13-6-4-5-7-15(13)21-12(2)17-18(19)20-10-16(22-17)14-8-9-23-11-14;1-2/h4-11,21H,2-3H2,1H3,(H2,19,20);1-2H3. The summed E-state index contributed by atoms with van der Waals surface area (Å²) in [5, 5.41) is 3.29. The number of furan rings is 1. The van der Waals surface area contributed by atoms with Gasteiger partial charge in [0.05, 0.1) is 30.1 Å². The zero-order valence-electron chi connectivity index (χ0n) is 14.9. The summed E-state index contributed by atoms with van der Waals surface area (Å²) in [6.07, 6.45) is 5.76. The normalized spacial score (nSPS) is 9.88. The molecule has 0 fully saturated rings. The van der Waals surface area contributed by atoms with Crippen LogP contribution in [0.4, 0.5) is 11.5 Å². The van der Waals surface area contributed by atoms with Gasteiger partial charge < -0.3 is 15.5 Å². The monoisotopic (exact) mass is 336 g/mol. The number of para-hydroxylation sites is 1. The molecule has 130 valence electrons. The third-order valence-corrected chi connectivity index (χ3v) is 3.59. The second kappa shape index (κ2) is 8.68. The molecule has 0 radical (unpaired) electrons. The summed E-state index contributed by atoms with van der Waals surface area (Å²) in [5.41, 5.74) is 10.9. The first-order valence-corrected chi connectivity index (χ1v) is 8.38. The third kappa shape index (κ3) is 4.26. The summed E-state index contributed by atoms with van der Waals surface area (Å²) >= 11 is 0.